The number of nitro groups is 2. The molecule has 1 fully saturated rings. The maximum atomic E-state index is 12.0. The summed E-state index contributed by atoms with van der Waals surface area (Å²) >= 11 is 12.1. The molecule has 1 saturated heterocycles. The van der Waals surface area contributed by atoms with E-state index in [9.17, 15) is 34.6 Å². The van der Waals surface area contributed by atoms with Crippen molar-refractivity contribution in [1.29, 1.82) is 0 Å². The van der Waals surface area contributed by atoms with Crippen molar-refractivity contribution in [3.8, 4) is 11.5 Å². The highest BCUT2D eigenvalue weighted by molar-refractivity contribution is 6.36. The number of hydrogen-bond acceptors (Lipinski definition) is 8. The van der Waals surface area contributed by atoms with Gasteiger partial charge in [-0.15, -0.1) is 0 Å². The van der Waals surface area contributed by atoms with Gasteiger partial charge in [-0.1, -0.05) is 23.2 Å². The molecule has 2 N–H and O–H groups in total. The van der Waals surface area contributed by atoms with Crippen LogP contribution in [0.1, 0.15) is 5.56 Å². The minimum Gasteiger partial charge on any atom is -0.448 e. The number of halogens is 2. The molecule has 4 amide bonds. The molecule has 0 aliphatic carbocycles. The Morgan fingerprint density at radius 3 is 2.16 bits per heavy atom. The Kier molecular flexibility index (Phi) is 5.86. The van der Waals surface area contributed by atoms with Gasteiger partial charge in [-0.05, 0) is 24.3 Å². The maximum Gasteiger partial charge on any atom is 0.328 e. The second-order valence-electron chi connectivity index (χ2n) is 5.87. The molecule has 14 heteroatoms. The van der Waals surface area contributed by atoms with Crippen molar-refractivity contribution in [2.24, 2.45) is 0 Å². The molecule has 1 aliphatic rings. The standard InChI is InChI=1S/C17H8Cl2N4O8/c18-8-3-7(4-10-15(24)20-17(26)21-16(10)25)14(11(19)5-8)31-13-2-1-9(22(27)28)6-12(13)23(29)30/h1-6H,(H2,20,21,24,25,26). The number of hydrogen-bond donors (Lipinski definition) is 2. The van der Waals surface area contributed by atoms with Crippen LogP contribution in [0.15, 0.2) is 35.9 Å². The van der Waals surface area contributed by atoms with E-state index < -0.39 is 50.4 Å². The molecular formula is C17H8Cl2N4O8. The predicted molar refractivity (Wildman–Crippen MR) is 106 cm³/mol. The number of non-ortho nitro benzene ring substituents is 1. The predicted octanol–water partition coefficient (Wildman–Crippen LogP) is 3.35. The summed E-state index contributed by atoms with van der Waals surface area (Å²) in [6.45, 7) is 0. The fourth-order valence-corrected chi connectivity index (χ4v) is 3.06. The van der Waals surface area contributed by atoms with Gasteiger partial charge in [0.1, 0.15) is 5.57 Å². The number of benzene rings is 2. The zero-order chi connectivity index (χ0) is 22.9. The summed E-state index contributed by atoms with van der Waals surface area (Å²) < 4.78 is 5.53. The van der Waals surface area contributed by atoms with E-state index in [0.717, 1.165) is 18.2 Å². The van der Waals surface area contributed by atoms with E-state index in [2.05, 4.69) is 0 Å². The van der Waals surface area contributed by atoms with Gasteiger partial charge < -0.3 is 4.74 Å². The van der Waals surface area contributed by atoms with Gasteiger partial charge in [0.05, 0.1) is 20.9 Å². The molecule has 12 nitrogen and oxygen atoms in total. The van der Waals surface area contributed by atoms with Gasteiger partial charge in [0.2, 0.25) is 5.75 Å². The summed E-state index contributed by atoms with van der Waals surface area (Å²) in [6, 6.07) is 4.17. The molecule has 0 saturated carbocycles. The van der Waals surface area contributed by atoms with Gasteiger partial charge in [0, 0.05) is 16.7 Å². The highest BCUT2D eigenvalue weighted by atomic mass is 35.5. The van der Waals surface area contributed by atoms with Crippen LogP contribution in [0, 0.1) is 20.2 Å². The van der Waals surface area contributed by atoms with E-state index >= 15 is 0 Å². The first kappa shape index (κ1) is 21.7. The number of amides is 4. The quantitative estimate of drug-likeness (QED) is 0.292. The van der Waals surface area contributed by atoms with Crippen LogP contribution in [0.3, 0.4) is 0 Å². The Morgan fingerprint density at radius 2 is 1.58 bits per heavy atom. The van der Waals surface area contributed by atoms with E-state index in [1.54, 1.807) is 0 Å². The zero-order valence-electron chi connectivity index (χ0n) is 14.9. The topological polar surface area (TPSA) is 171 Å². The van der Waals surface area contributed by atoms with Crippen molar-refractivity contribution in [2.45, 2.75) is 0 Å². The number of imide groups is 2. The van der Waals surface area contributed by atoms with Gasteiger partial charge in [0.25, 0.3) is 17.5 Å². The first-order chi connectivity index (χ1) is 14.6. The van der Waals surface area contributed by atoms with Gasteiger partial charge in [-0.3, -0.25) is 40.5 Å². The fourth-order valence-electron chi connectivity index (χ4n) is 2.52. The number of ether oxygens (including phenoxy) is 1. The molecule has 0 aromatic heterocycles. The number of carbonyl (C=O) groups is 3. The summed E-state index contributed by atoms with van der Waals surface area (Å²) in [7, 11) is 0. The lowest BCUT2D eigenvalue weighted by molar-refractivity contribution is -0.394. The molecule has 158 valence electrons. The lowest BCUT2D eigenvalue weighted by atomic mass is 10.1. The Hall–Kier alpha value is -4.03. The third kappa shape index (κ3) is 4.60. The largest absolute Gasteiger partial charge is 0.448 e. The molecule has 3 rings (SSSR count). The molecule has 0 radical (unpaired) electrons. The van der Waals surface area contributed by atoms with Crippen molar-refractivity contribution < 1.29 is 29.0 Å². The monoisotopic (exact) mass is 466 g/mol. The molecule has 0 spiro atoms. The molecule has 2 aromatic rings. The van der Waals surface area contributed by atoms with Crippen molar-refractivity contribution >= 4 is 58.5 Å². The second kappa shape index (κ2) is 8.38. The molecule has 0 unspecified atom stereocenters. The first-order valence-electron chi connectivity index (χ1n) is 8.05. The molecular weight excluding hydrogens is 459 g/mol. The minimum absolute atomic E-state index is 0.0280. The van der Waals surface area contributed by atoms with Crippen molar-refractivity contribution in [3.05, 3.63) is 71.7 Å². The SMILES string of the molecule is O=C1NC(=O)C(=Cc2cc(Cl)cc(Cl)c2Oc2ccc([N+](=O)[O-])cc2[N+](=O)[O-])C(=O)N1. The van der Waals surface area contributed by atoms with Crippen LogP contribution in [0.25, 0.3) is 6.08 Å². The van der Waals surface area contributed by atoms with Crippen LogP contribution in [0.2, 0.25) is 10.0 Å². The number of rotatable bonds is 5. The minimum atomic E-state index is -1.01. The van der Waals surface area contributed by atoms with Crippen LogP contribution < -0.4 is 15.4 Å². The van der Waals surface area contributed by atoms with E-state index in [0.29, 0.717) is 6.07 Å². The number of urea groups is 1. The van der Waals surface area contributed by atoms with Crippen LogP contribution >= 0.6 is 23.2 Å². The number of nitrogens with zero attached hydrogens (tertiary/aromatic N) is 2. The van der Waals surface area contributed by atoms with Gasteiger partial charge >= 0.3 is 11.7 Å². The van der Waals surface area contributed by atoms with Crippen LogP contribution in [-0.4, -0.2) is 27.7 Å². The average molecular weight is 467 g/mol. The maximum absolute atomic E-state index is 12.0. The van der Waals surface area contributed by atoms with Crippen LogP contribution in [-0.2, 0) is 9.59 Å². The van der Waals surface area contributed by atoms with Crippen molar-refractivity contribution in [2.75, 3.05) is 0 Å². The summed E-state index contributed by atoms with van der Waals surface area (Å²) in [5.74, 6) is -2.63. The summed E-state index contributed by atoms with van der Waals surface area (Å²) in [6.07, 6.45) is 1.02. The van der Waals surface area contributed by atoms with Crippen LogP contribution in [0.4, 0.5) is 16.2 Å². The van der Waals surface area contributed by atoms with Gasteiger partial charge in [-0.25, -0.2) is 4.79 Å². The molecule has 2 aromatic carbocycles. The average Bonchev–Trinajstić information content (AvgIpc) is 2.66. The molecule has 1 heterocycles. The van der Waals surface area contributed by atoms with E-state index in [1.165, 1.54) is 12.1 Å². The molecule has 0 bridgehead atoms. The zero-order valence-corrected chi connectivity index (χ0v) is 16.4. The fraction of sp³-hybridized carbons (Fsp3) is 0. The molecule has 31 heavy (non-hydrogen) atoms. The Morgan fingerprint density at radius 1 is 0.935 bits per heavy atom. The molecule has 0 atom stereocenters. The van der Waals surface area contributed by atoms with E-state index in [-0.39, 0.29) is 21.4 Å². The van der Waals surface area contributed by atoms with E-state index in [4.69, 9.17) is 27.9 Å². The third-order valence-electron chi connectivity index (χ3n) is 3.84. The highest BCUT2D eigenvalue weighted by Gasteiger charge is 2.29. The first-order valence-corrected chi connectivity index (χ1v) is 8.80. The number of carbonyl (C=O) groups excluding carboxylic acids is 3. The van der Waals surface area contributed by atoms with Gasteiger partial charge in [-0.2, -0.15) is 0 Å². The van der Waals surface area contributed by atoms with Crippen LogP contribution in [0.5, 0.6) is 11.5 Å². The number of nitro benzene ring substituents is 2. The van der Waals surface area contributed by atoms with Gasteiger partial charge in [0.15, 0.2) is 5.75 Å². The number of nitrogens with one attached hydrogen (secondary N) is 2. The Balaban J connectivity index is 2.12. The lowest BCUT2D eigenvalue weighted by Crippen LogP contribution is -2.51. The second-order valence-corrected chi connectivity index (χ2v) is 6.71. The summed E-state index contributed by atoms with van der Waals surface area (Å²) in [5.41, 5.74) is -1.78. The van der Waals surface area contributed by atoms with E-state index in [1.807, 2.05) is 10.6 Å². The third-order valence-corrected chi connectivity index (χ3v) is 4.34. The smallest absolute Gasteiger partial charge is 0.328 e. The summed E-state index contributed by atoms with van der Waals surface area (Å²) in [5, 5.41) is 25.9. The molecule has 1 aliphatic heterocycles. The van der Waals surface area contributed by atoms with Crippen molar-refractivity contribution in [1.82, 2.24) is 10.6 Å². The number of barbiturate groups is 1. The highest BCUT2D eigenvalue weighted by Crippen LogP contribution is 2.41. The summed E-state index contributed by atoms with van der Waals surface area (Å²) in [4.78, 5) is 55.7. The van der Waals surface area contributed by atoms with Crippen molar-refractivity contribution in [3.63, 3.8) is 0 Å². The Labute approximate surface area is 181 Å². The lowest BCUT2D eigenvalue weighted by Gasteiger charge is -2.16. The Bertz CT molecular complexity index is 1190. The normalized spacial score (nSPS) is 13.4.